The van der Waals surface area contributed by atoms with Gasteiger partial charge in [-0.3, -0.25) is 33.5 Å². The Morgan fingerprint density at radius 1 is 0.667 bits per heavy atom. The van der Waals surface area contributed by atoms with Crippen molar-refractivity contribution in [3.05, 3.63) is 29.8 Å². The highest BCUT2D eigenvalue weighted by atomic mass is 32.2. The molecule has 0 fully saturated rings. The van der Waals surface area contributed by atoms with Crippen LogP contribution in [0.25, 0.3) is 0 Å². The first-order chi connectivity index (χ1) is 15.1. The average molecular weight is 494 g/mol. The van der Waals surface area contributed by atoms with Gasteiger partial charge in [0.2, 0.25) is 0 Å². The van der Waals surface area contributed by atoms with E-state index >= 15 is 0 Å². The van der Waals surface area contributed by atoms with Gasteiger partial charge in [-0.05, 0) is 12.1 Å². The standard InChI is InChI=1S/C10H16N2O8.C7H6O5S/c13-7(14)3-11(4-8(15)16)1-2-12(5-9(17)18)6-10(19)20;8-7(9)5-3-1-2-4-6(5)13(10,11)12/h1-6H2,(H,13,14)(H,15,16)(H,17,18)(H,19,20);1-4H,(H,8,9)(H,10,11,12). The third-order valence-corrected chi connectivity index (χ3v) is 4.48. The number of benzene rings is 1. The number of hydrogen-bond acceptors (Lipinski definition) is 9. The molecular formula is C17H22N2O13S. The van der Waals surface area contributed by atoms with Crippen molar-refractivity contribution in [2.75, 3.05) is 39.3 Å². The van der Waals surface area contributed by atoms with Crippen LogP contribution in [0.3, 0.4) is 0 Å². The van der Waals surface area contributed by atoms with Crippen molar-refractivity contribution in [2.24, 2.45) is 0 Å². The normalized spacial score (nSPS) is 10.9. The van der Waals surface area contributed by atoms with Crippen molar-refractivity contribution in [1.29, 1.82) is 0 Å². The summed E-state index contributed by atoms with van der Waals surface area (Å²) in [6, 6.07) is 4.83. The highest BCUT2D eigenvalue weighted by Crippen LogP contribution is 2.14. The molecule has 1 rings (SSSR count). The zero-order valence-electron chi connectivity index (χ0n) is 16.9. The Morgan fingerprint density at radius 2 is 1.00 bits per heavy atom. The van der Waals surface area contributed by atoms with Crippen LogP contribution in [-0.2, 0) is 29.3 Å². The number of carboxylic acids is 5. The van der Waals surface area contributed by atoms with Crippen molar-refractivity contribution in [1.82, 2.24) is 9.80 Å². The maximum atomic E-state index is 10.7. The Kier molecular flexibility index (Phi) is 12.2. The Labute approximate surface area is 186 Å². The van der Waals surface area contributed by atoms with Crippen LogP contribution >= 0.6 is 0 Å². The van der Waals surface area contributed by atoms with E-state index in [1.54, 1.807) is 0 Å². The summed E-state index contributed by atoms with van der Waals surface area (Å²) in [6.45, 7) is -2.25. The van der Waals surface area contributed by atoms with E-state index in [0.29, 0.717) is 0 Å². The van der Waals surface area contributed by atoms with Crippen LogP contribution in [-0.4, -0.2) is 117 Å². The summed E-state index contributed by atoms with van der Waals surface area (Å²) in [6.07, 6.45) is 0. The second-order valence-corrected chi connectivity index (χ2v) is 7.66. The van der Waals surface area contributed by atoms with Gasteiger partial charge < -0.3 is 25.5 Å². The molecule has 0 saturated heterocycles. The molecule has 0 aliphatic carbocycles. The van der Waals surface area contributed by atoms with Gasteiger partial charge in [0.25, 0.3) is 10.1 Å². The number of aromatic carboxylic acids is 1. The minimum absolute atomic E-state index is 0.0703. The lowest BCUT2D eigenvalue weighted by atomic mass is 10.2. The molecule has 0 amide bonds. The maximum Gasteiger partial charge on any atom is 0.337 e. The summed E-state index contributed by atoms with van der Waals surface area (Å²) in [5.74, 6) is -6.31. The molecule has 15 nitrogen and oxygen atoms in total. The lowest BCUT2D eigenvalue weighted by Gasteiger charge is -2.23. The Balaban J connectivity index is 0.000000676. The predicted molar refractivity (Wildman–Crippen MR) is 107 cm³/mol. The van der Waals surface area contributed by atoms with Crippen LogP contribution in [0.2, 0.25) is 0 Å². The number of rotatable bonds is 13. The summed E-state index contributed by atoms with van der Waals surface area (Å²) in [5, 5.41) is 43.0. The third kappa shape index (κ3) is 13.4. The summed E-state index contributed by atoms with van der Waals surface area (Å²) < 4.78 is 29.9. The van der Waals surface area contributed by atoms with Gasteiger partial charge in [0.15, 0.2) is 0 Å². The quantitative estimate of drug-likeness (QED) is 0.172. The van der Waals surface area contributed by atoms with Gasteiger partial charge in [-0.15, -0.1) is 0 Å². The van der Waals surface area contributed by atoms with Crippen LogP contribution in [0.1, 0.15) is 10.4 Å². The molecule has 6 N–H and O–H groups in total. The van der Waals surface area contributed by atoms with E-state index in [-0.39, 0.29) is 13.1 Å². The molecule has 0 radical (unpaired) electrons. The molecule has 33 heavy (non-hydrogen) atoms. The summed E-state index contributed by atoms with van der Waals surface area (Å²) in [4.78, 5) is 54.3. The molecule has 0 aromatic heterocycles. The Bertz CT molecular complexity index is 909. The van der Waals surface area contributed by atoms with Gasteiger partial charge in [-0.1, -0.05) is 12.1 Å². The van der Waals surface area contributed by atoms with Gasteiger partial charge >= 0.3 is 29.8 Å². The maximum absolute atomic E-state index is 10.7. The summed E-state index contributed by atoms with van der Waals surface area (Å²) >= 11 is 0. The van der Waals surface area contributed by atoms with Crippen molar-refractivity contribution < 1.29 is 62.5 Å². The van der Waals surface area contributed by atoms with Gasteiger partial charge in [0.05, 0.1) is 31.7 Å². The van der Waals surface area contributed by atoms with Gasteiger partial charge in [-0.25, -0.2) is 4.79 Å². The highest BCUT2D eigenvalue weighted by Gasteiger charge is 2.19. The molecule has 1 aromatic rings. The number of carboxylic acid groups (broad SMARTS) is 5. The first kappa shape index (κ1) is 29.4. The molecule has 0 bridgehead atoms. The number of aliphatic carboxylic acids is 4. The van der Waals surface area contributed by atoms with Crippen molar-refractivity contribution in [3.8, 4) is 0 Å². The second-order valence-electron chi connectivity index (χ2n) is 6.27. The van der Waals surface area contributed by atoms with Crippen molar-refractivity contribution in [3.63, 3.8) is 0 Å². The summed E-state index contributed by atoms with van der Waals surface area (Å²) in [5.41, 5.74) is -0.440. The molecule has 1 aromatic carbocycles. The molecule has 0 aliphatic heterocycles. The van der Waals surface area contributed by atoms with Gasteiger partial charge in [-0.2, -0.15) is 8.42 Å². The lowest BCUT2D eigenvalue weighted by molar-refractivity contribution is -0.145. The number of hydrogen-bond donors (Lipinski definition) is 6. The van der Waals surface area contributed by atoms with Crippen LogP contribution < -0.4 is 0 Å². The van der Waals surface area contributed by atoms with E-state index < -0.39 is 76.6 Å². The van der Waals surface area contributed by atoms with E-state index in [9.17, 15) is 32.4 Å². The molecule has 16 heteroatoms. The lowest BCUT2D eigenvalue weighted by Crippen LogP contribution is -2.43. The van der Waals surface area contributed by atoms with Gasteiger partial charge in [0.1, 0.15) is 4.90 Å². The monoisotopic (exact) mass is 494 g/mol. The van der Waals surface area contributed by atoms with Crippen LogP contribution in [0.4, 0.5) is 0 Å². The van der Waals surface area contributed by atoms with Crippen LogP contribution in [0.15, 0.2) is 29.2 Å². The van der Waals surface area contributed by atoms with Crippen LogP contribution in [0.5, 0.6) is 0 Å². The Morgan fingerprint density at radius 3 is 1.24 bits per heavy atom. The smallest absolute Gasteiger partial charge is 0.337 e. The number of carbonyl (C=O) groups is 5. The molecule has 0 heterocycles. The zero-order valence-corrected chi connectivity index (χ0v) is 17.7. The van der Waals surface area contributed by atoms with Crippen LogP contribution in [0, 0.1) is 0 Å². The fourth-order valence-electron chi connectivity index (χ4n) is 2.34. The minimum atomic E-state index is -4.46. The van der Waals surface area contributed by atoms with E-state index in [1.165, 1.54) is 12.1 Å². The first-order valence-corrected chi connectivity index (χ1v) is 10.2. The predicted octanol–water partition coefficient (Wildman–Crippen LogP) is -1.44. The molecule has 0 saturated carbocycles. The van der Waals surface area contributed by atoms with Crippen molar-refractivity contribution in [2.45, 2.75) is 4.90 Å². The Hall–Kier alpha value is -3.60. The third-order valence-electron chi connectivity index (χ3n) is 3.56. The first-order valence-electron chi connectivity index (χ1n) is 8.75. The van der Waals surface area contributed by atoms with E-state index in [1.807, 2.05) is 0 Å². The zero-order chi connectivity index (χ0) is 25.8. The molecule has 0 atom stereocenters. The SMILES string of the molecule is O=C(O)CN(CCN(CC(=O)O)CC(=O)O)CC(=O)O.O=C(O)c1ccccc1S(=O)(=O)O. The molecule has 184 valence electrons. The minimum Gasteiger partial charge on any atom is -0.480 e. The largest absolute Gasteiger partial charge is 0.480 e. The highest BCUT2D eigenvalue weighted by molar-refractivity contribution is 7.86. The topological polar surface area (TPSA) is 247 Å². The van der Waals surface area contributed by atoms with Crippen molar-refractivity contribution >= 4 is 40.0 Å². The molecule has 0 unspecified atom stereocenters. The van der Waals surface area contributed by atoms with E-state index in [0.717, 1.165) is 21.9 Å². The van der Waals surface area contributed by atoms with E-state index in [2.05, 4.69) is 0 Å². The average Bonchev–Trinajstić information content (AvgIpc) is 2.64. The molecule has 0 aliphatic rings. The molecular weight excluding hydrogens is 472 g/mol. The second kappa shape index (κ2) is 13.7. The molecule has 0 spiro atoms. The fraction of sp³-hybridized carbons (Fsp3) is 0.353. The fourth-order valence-corrected chi connectivity index (χ4v) is 3.03. The summed E-state index contributed by atoms with van der Waals surface area (Å²) in [7, 11) is -4.46. The van der Waals surface area contributed by atoms with E-state index in [4.69, 9.17) is 30.1 Å². The van der Waals surface area contributed by atoms with Gasteiger partial charge in [0, 0.05) is 13.1 Å². The number of nitrogens with zero attached hydrogens (tertiary/aromatic N) is 2.